The van der Waals surface area contributed by atoms with Crippen molar-refractivity contribution in [2.45, 2.75) is 13.3 Å². The summed E-state index contributed by atoms with van der Waals surface area (Å²) in [6.07, 6.45) is 1.56. The Bertz CT molecular complexity index is 740. The van der Waals surface area contributed by atoms with Gasteiger partial charge in [-0.3, -0.25) is 0 Å². The Morgan fingerprint density at radius 1 is 0.957 bits per heavy atom. The molecular weight excluding hydrogens is 316 g/mol. The highest BCUT2D eigenvalue weighted by molar-refractivity contribution is 7.86. The van der Waals surface area contributed by atoms with E-state index in [1.165, 1.54) is 0 Å². The molecule has 0 N–H and O–H groups in total. The molecule has 2 rings (SSSR count). The molecule has 0 amide bonds. The topological polar surface area (TPSA) is 61.8 Å². The van der Waals surface area contributed by atoms with Crippen molar-refractivity contribution in [2.24, 2.45) is 0 Å². The van der Waals surface area contributed by atoms with Crippen LogP contribution in [0.15, 0.2) is 48.5 Å². The molecule has 0 saturated heterocycles. The first-order valence-corrected chi connectivity index (χ1v) is 9.12. The Hall–Kier alpha value is -2.21. The van der Waals surface area contributed by atoms with Gasteiger partial charge in [-0.15, -0.1) is 0 Å². The molecule has 0 unspecified atom stereocenters. The first kappa shape index (κ1) is 17.1. The van der Waals surface area contributed by atoms with Crippen molar-refractivity contribution in [2.75, 3.05) is 19.5 Å². The summed E-state index contributed by atoms with van der Waals surface area (Å²) in [6, 6.07) is 14.4. The average Bonchev–Trinajstić information content (AvgIpc) is 2.48. The summed E-state index contributed by atoms with van der Waals surface area (Å²) in [5.41, 5.74) is 0.777. The molecule has 6 heteroatoms. The molecule has 0 spiro atoms. The minimum absolute atomic E-state index is 0.335. The van der Waals surface area contributed by atoms with Crippen molar-refractivity contribution in [3.8, 4) is 17.2 Å². The van der Waals surface area contributed by atoms with Crippen molar-refractivity contribution in [3.63, 3.8) is 0 Å². The van der Waals surface area contributed by atoms with Crippen LogP contribution in [0.1, 0.15) is 12.5 Å². The van der Waals surface area contributed by atoms with Gasteiger partial charge in [0.05, 0.1) is 19.5 Å². The maximum Gasteiger partial charge on any atom is 0.306 e. The van der Waals surface area contributed by atoms with Gasteiger partial charge >= 0.3 is 10.1 Å². The molecule has 5 nitrogen and oxygen atoms in total. The maximum absolute atomic E-state index is 11.3. The maximum atomic E-state index is 11.3. The van der Waals surface area contributed by atoms with E-state index in [-0.39, 0.29) is 0 Å². The fraction of sp³-hybridized carbons (Fsp3) is 0.294. The highest BCUT2D eigenvalue weighted by Crippen LogP contribution is 2.22. The molecule has 0 aromatic heterocycles. The molecule has 0 fully saturated rings. The summed E-state index contributed by atoms with van der Waals surface area (Å²) in [6.45, 7) is 2.92. The molecule has 23 heavy (non-hydrogen) atoms. The lowest BCUT2D eigenvalue weighted by Crippen LogP contribution is -2.09. The smallest absolute Gasteiger partial charge is 0.306 e. The van der Waals surface area contributed by atoms with Gasteiger partial charge in [-0.1, -0.05) is 24.3 Å². The molecule has 0 aliphatic rings. The van der Waals surface area contributed by atoms with Crippen molar-refractivity contribution in [1.29, 1.82) is 0 Å². The summed E-state index contributed by atoms with van der Waals surface area (Å²) >= 11 is 0. The largest absolute Gasteiger partial charge is 0.494 e. The normalized spacial score (nSPS) is 11.0. The highest BCUT2D eigenvalue weighted by atomic mass is 32.2. The monoisotopic (exact) mass is 336 g/mol. The van der Waals surface area contributed by atoms with Crippen LogP contribution in [0, 0.1) is 0 Å². The lowest BCUT2D eigenvalue weighted by atomic mass is 10.1. The Morgan fingerprint density at radius 2 is 1.65 bits per heavy atom. The fourth-order valence-electron chi connectivity index (χ4n) is 2.05. The molecule has 0 atom stereocenters. The van der Waals surface area contributed by atoms with E-state index in [9.17, 15) is 8.42 Å². The zero-order chi connectivity index (χ0) is 16.7. The lowest BCUT2D eigenvalue weighted by Gasteiger charge is -2.11. The molecule has 124 valence electrons. The molecule has 0 radical (unpaired) electrons. The SMILES string of the molecule is CCOc1cccc(OCCc2ccccc2OS(C)(=O)=O)c1. The van der Waals surface area contributed by atoms with E-state index in [1.54, 1.807) is 12.1 Å². The Morgan fingerprint density at radius 3 is 2.35 bits per heavy atom. The van der Waals surface area contributed by atoms with Gasteiger partial charge in [0.2, 0.25) is 0 Å². The van der Waals surface area contributed by atoms with Crippen LogP contribution in [-0.2, 0) is 16.5 Å². The number of ether oxygens (including phenoxy) is 2. The molecule has 2 aromatic carbocycles. The van der Waals surface area contributed by atoms with Crippen molar-refractivity contribution in [1.82, 2.24) is 0 Å². The minimum Gasteiger partial charge on any atom is -0.494 e. The van der Waals surface area contributed by atoms with Crippen LogP contribution in [0.2, 0.25) is 0 Å². The third-order valence-corrected chi connectivity index (χ3v) is 3.45. The number of benzene rings is 2. The van der Waals surface area contributed by atoms with Crippen LogP contribution in [0.5, 0.6) is 17.2 Å². The van der Waals surface area contributed by atoms with Crippen molar-refractivity contribution < 1.29 is 22.1 Å². The molecule has 0 aliphatic heterocycles. The summed E-state index contributed by atoms with van der Waals surface area (Å²) in [5, 5.41) is 0. The van der Waals surface area contributed by atoms with Crippen LogP contribution in [0.25, 0.3) is 0 Å². The van der Waals surface area contributed by atoms with E-state index < -0.39 is 10.1 Å². The summed E-state index contributed by atoms with van der Waals surface area (Å²) in [4.78, 5) is 0. The van der Waals surface area contributed by atoms with E-state index in [0.29, 0.717) is 31.1 Å². The van der Waals surface area contributed by atoms with Crippen molar-refractivity contribution in [3.05, 3.63) is 54.1 Å². The highest BCUT2D eigenvalue weighted by Gasteiger charge is 2.09. The second kappa shape index (κ2) is 7.87. The van der Waals surface area contributed by atoms with Gasteiger partial charge in [-0.25, -0.2) is 0 Å². The quantitative estimate of drug-likeness (QED) is 0.693. The number of rotatable bonds is 8. The molecule has 0 heterocycles. The average molecular weight is 336 g/mol. The van der Waals surface area contributed by atoms with Gasteiger partial charge in [0.25, 0.3) is 0 Å². The van der Waals surface area contributed by atoms with Crippen LogP contribution in [0.4, 0.5) is 0 Å². The van der Waals surface area contributed by atoms with Crippen molar-refractivity contribution >= 4 is 10.1 Å². The van der Waals surface area contributed by atoms with Gasteiger partial charge in [0, 0.05) is 12.5 Å². The van der Waals surface area contributed by atoms with Crippen LogP contribution in [-0.4, -0.2) is 27.9 Å². The third-order valence-electron chi connectivity index (χ3n) is 2.97. The standard InChI is InChI=1S/C17H20O5S/c1-3-20-15-8-6-9-16(13-15)21-12-11-14-7-4-5-10-17(14)22-23(2,18)19/h4-10,13H,3,11-12H2,1-2H3. The lowest BCUT2D eigenvalue weighted by molar-refractivity contribution is 0.311. The minimum atomic E-state index is -3.55. The van der Waals surface area contributed by atoms with E-state index in [0.717, 1.165) is 17.6 Å². The number of hydrogen-bond acceptors (Lipinski definition) is 5. The second-order valence-electron chi connectivity index (χ2n) is 4.90. The molecular formula is C17H20O5S. The van der Waals surface area contributed by atoms with Gasteiger partial charge < -0.3 is 13.7 Å². The van der Waals surface area contributed by atoms with E-state index in [4.69, 9.17) is 13.7 Å². The molecule has 2 aromatic rings. The zero-order valence-corrected chi connectivity index (χ0v) is 14.0. The van der Waals surface area contributed by atoms with Gasteiger partial charge in [0.15, 0.2) is 0 Å². The van der Waals surface area contributed by atoms with Gasteiger partial charge in [-0.2, -0.15) is 8.42 Å². The number of hydrogen-bond donors (Lipinski definition) is 0. The Balaban J connectivity index is 1.98. The molecule has 0 bridgehead atoms. The van der Waals surface area contributed by atoms with Gasteiger partial charge in [0.1, 0.15) is 17.2 Å². The molecule has 0 saturated carbocycles. The van der Waals surface area contributed by atoms with E-state index >= 15 is 0 Å². The van der Waals surface area contributed by atoms with E-state index in [2.05, 4.69) is 0 Å². The summed E-state index contributed by atoms with van der Waals surface area (Å²) in [7, 11) is -3.55. The summed E-state index contributed by atoms with van der Waals surface area (Å²) < 4.78 is 38.7. The summed E-state index contributed by atoms with van der Waals surface area (Å²) in [5.74, 6) is 1.80. The number of para-hydroxylation sites is 1. The van der Waals surface area contributed by atoms with Crippen LogP contribution >= 0.6 is 0 Å². The Labute approximate surface area is 136 Å². The van der Waals surface area contributed by atoms with Crippen LogP contribution in [0.3, 0.4) is 0 Å². The predicted octanol–water partition coefficient (Wildman–Crippen LogP) is 3.05. The second-order valence-corrected chi connectivity index (χ2v) is 6.48. The Kier molecular flexibility index (Phi) is 5.87. The van der Waals surface area contributed by atoms with E-state index in [1.807, 2.05) is 43.3 Å². The molecule has 0 aliphatic carbocycles. The van der Waals surface area contributed by atoms with Gasteiger partial charge in [-0.05, 0) is 30.7 Å². The fourth-order valence-corrected chi connectivity index (χ4v) is 2.54. The van der Waals surface area contributed by atoms with Crippen LogP contribution < -0.4 is 13.7 Å². The zero-order valence-electron chi connectivity index (χ0n) is 13.2. The predicted molar refractivity (Wildman–Crippen MR) is 88.7 cm³/mol. The third kappa shape index (κ3) is 5.83. The first-order valence-electron chi connectivity index (χ1n) is 7.31. The first-order chi connectivity index (χ1) is 11.0.